The van der Waals surface area contributed by atoms with Crippen LogP contribution in [0.3, 0.4) is 0 Å². The first-order chi connectivity index (χ1) is 4.05. The molecule has 1 rings (SSSR count). The Morgan fingerprint density at radius 3 is 2.00 bits per heavy atom. The summed E-state index contributed by atoms with van der Waals surface area (Å²) in [6.45, 7) is 6.84. The fourth-order valence-electron chi connectivity index (χ4n) is 1.54. The van der Waals surface area contributed by atoms with Gasteiger partial charge in [-0.25, -0.2) is 0 Å². The van der Waals surface area contributed by atoms with Crippen LogP contribution >= 0.6 is 0 Å². The van der Waals surface area contributed by atoms with Gasteiger partial charge in [0, 0.05) is 6.04 Å². The van der Waals surface area contributed by atoms with Gasteiger partial charge in [0.2, 0.25) is 0 Å². The third-order valence-electron chi connectivity index (χ3n) is 3.14. The van der Waals surface area contributed by atoms with Gasteiger partial charge in [-0.2, -0.15) is 0 Å². The molecule has 0 unspecified atom stereocenters. The fraction of sp³-hybridized carbons (Fsp3) is 1.00. The van der Waals surface area contributed by atoms with Crippen molar-refractivity contribution in [3.63, 3.8) is 0 Å². The number of hydrogen-bond donors (Lipinski definition) is 1. The second-order valence-electron chi connectivity index (χ2n) is 3.91. The number of rotatable bonds is 0. The summed E-state index contributed by atoms with van der Waals surface area (Å²) in [5.74, 6) is 0.812. The van der Waals surface area contributed by atoms with Crippen LogP contribution < -0.4 is 5.73 Å². The Balaban J connectivity index is 2.66. The van der Waals surface area contributed by atoms with E-state index < -0.39 is 0 Å². The second-order valence-corrected chi connectivity index (χ2v) is 3.91. The molecule has 2 N–H and O–H groups in total. The number of hydrogen-bond acceptors (Lipinski definition) is 1. The predicted molar refractivity (Wildman–Crippen MR) is 40.2 cm³/mol. The summed E-state index contributed by atoms with van der Waals surface area (Å²) in [6, 6.07) is 0.437. The average molecular weight is 127 g/mol. The van der Waals surface area contributed by atoms with Crippen LogP contribution in [0.2, 0.25) is 0 Å². The van der Waals surface area contributed by atoms with Gasteiger partial charge >= 0.3 is 0 Å². The maximum Gasteiger partial charge on any atom is 0.00929 e. The standard InChI is InChI=1S/C8H17N/c1-6-4-5-7(9)8(6,2)3/h6-7H,4-5,9H2,1-3H3/t6-,7+/m1/s1. The Morgan fingerprint density at radius 2 is 1.89 bits per heavy atom. The Hall–Kier alpha value is -0.0400. The van der Waals surface area contributed by atoms with Crippen molar-refractivity contribution in [2.45, 2.75) is 39.7 Å². The molecule has 0 aromatic rings. The van der Waals surface area contributed by atoms with Crippen LogP contribution in [0, 0.1) is 11.3 Å². The van der Waals surface area contributed by atoms with Crippen molar-refractivity contribution >= 4 is 0 Å². The minimum Gasteiger partial charge on any atom is -0.327 e. The van der Waals surface area contributed by atoms with E-state index in [1.807, 2.05) is 0 Å². The predicted octanol–water partition coefficient (Wildman–Crippen LogP) is 1.77. The molecule has 0 bridgehead atoms. The molecule has 54 valence electrons. The first-order valence-electron chi connectivity index (χ1n) is 3.80. The van der Waals surface area contributed by atoms with Gasteiger partial charge in [-0.05, 0) is 24.2 Å². The van der Waals surface area contributed by atoms with Crippen LogP contribution in [0.5, 0.6) is 0 Å². The van der Waals surface area contributed by atoms with Gasteiger partial charge in [0.05, 0.1) is 0 Å². The highest BCUT2D eigenvalue weighted by Crippen LogP contribution is 2.40. The van der Waals surface area contributed by atoms with Gasteiger partial charge < -0.3 is 5.73 Å². The summed E-state index contributed by atoms with van der Waals surface area (Å²) in [4.78, 5) is 0. The zero-order valence-electron chi connectivity index (χ0n) is 6.65. The summed E-state index contributed by atoms with van der Waals surface area (Å²) in [5, 5.41) is 0. The third-order valence-corrected chi connectivity index (χ3v) is 3.14. The molecule has 0 aromatic carbocycles. The van der Waals surface area contributed by atoms with E-state index in [-0.39, 0.29) is 0 Å². The van der Waals surface area contributed by atoms with E-state index in [4.69, 9.17) is 5.73 Å². The lowest BCUT2D eigenvalue weighted by atomic mass is 9.81. The average Bonchev–Trinajstić information content (AvgIpc) is 1.96. The lowest BCUT2D eigenvalue weighted by Gasteiger charge is -2.28. The van der Waals surface area contributed by atoms with Crippen molar-refractivity contribution in [3.8, 4) is 0 Å². The van der Waals surface area contributed by atoms with Gasteiger partial charge in [-0.15, -0.1) is 0 Å². The summed E-state index contributed by atoms with van der Waals surface area (Å²) in [5.41, 5.74) is 6.29. The Labute approximate surface area is 57.6 Å². The lowest BCUT2D eigenvalue weighted by molar-refractivity contribution is 0.250. The Morgan fingerprint density at radius 1 is 1.33 bits per heavy atom. The van der Waals surface area contributed by atoms with Crippen molar-refractivity contribution in [2.24, 2.45) is 17.1 Å². The minimum absolute atomic E-state index is 0.389. The highest BCUT2D eigenvalue weighted by atomic mass is 14.7. The molecule has 0 amide bonds. The van der Waals surface area contributed by atoms with E-state index in [0.29, 0.717) is 11.5 Å². The smallest absolute Gasteiger partial charge is 0.00929 e. The number of nitrogens with two attached hydrogens (primary N) is 1. The van der Waals surface area contributed by atoms with Crippen molar-refractivity contribution in [2.75, 3.05) is 0 Å². The van der Waals surface area contributed by atoms with E-state index in [1.165, 1.54) is 12.8 Å². The molecule has 0 aromatic heterocycles. The lowest BCUT2D eigenvalue weighted by Crippen LogP contribution is -2.34. The molecule has 0 aliphatic heterocycles. The van der Waals surface area contributed by atoms with Gasteiger partial charge in [0.15, 0.2) is 0 Å². The van der Waals surface area contributed by atoms with E-state index in [9.17, 15) is 0 Å². The van der Waals surface area contributed by atoms with Crippen LogP contribution in [-0.2, 0) is 0 Å². The van der Waals surface area contributed by atoms with Crippen LogP contribution in [0.25, 0.3) is 0 Å². The van der Waals surface area contributed by atoms with E-state index in [1.54, 1.807) is 0 Å². The van der Waals surface area contributed by atoms with Gasteiger partial charge in [-0.3, -0.25) is 0 Å². The van der Waals surface area contributed by atoms with Gasteiger partial charge in [0.25, 0.3) is 0 Å². The largest absolute Gasteiger partial charge is 0.327 e. The molecule has 1 nitrogen and oxygen atoms in total. The monoisotopic (exact) mass is 127 g/mol. The Bertz CT molecular complexity index is 95.1. The molecule has 1 aliphatic carbocycles. The van der Waals surface area contributed by atoms with E-state index in [0.717, 1.165) is 5.92 Å². The van der Waals surface area contributed by atoms with Crippen LogP contribution in [0.1, 0.15) is 33.6 Å². The molecule has 0 radical (unpaired) electrons. The van der Waals surface area contributed by atoms with Gasteiger partial charge in [0.1, 0.15) is 0 Å². The van der Waals surface area contributed by atoms with Crippen molar-refractivity contribution in [1.82, 2.24) is 0 Å². The summed E-state index contributed by atoms with van der Waals surface area (Å²) in [6.07, 6.45) is 2.53. The molecule has 2 atom stereocenters. The summed E-state index contributed by atoms with van der Waals surface area (Å²) in [7, 11) is 0. The van der Waals surface area contributed by atoms with Crippen molar-refractivity contribution in [3.05, 3.63) is 0 Å². The molecule has 0 heterocycles. The summed E-state index contributed by atoms with van der Waals surface area (Å²) < 4.78 is 0. The molecule has 0 spiro atoms. The van der Waals surface area contributed by atoms with Crippen LogP contribution in [-0.4, -0.2) is 6.04 Å². The zero-order valence-corrected chi connectivity index (χ0v) is 6.65. The quantitative estimate of drug-likeness (QED) is 0.527. The minimum atomic E-state index is 0.389. The second kappa shape index (κ2) is 1.98. The first kappa shape index (κ1) is 7.07. The maximum atomic E-state index is 5.90. The fourth-order valence-corrected chi connectivity index (χ4v) is 1.54. The maximum absolute atomic E-state index is 5.90. The summed E-state index contributed by atoms with van der Waals surface area (Å²) >= 11 is 0. The molecule has 1 saturated carbocycles. The van der Waals surface area contributed by atoms with E-state index >= 15 is 0 Å². The molecule has 1 aliphatic rings. The zero-order chi connectivity index (χ0) is 7.07. The molecule has 0 saturated heterocycles. The molecule has 1 fully saturated rings. The Kier molecular flexibility index (Phi) is 1.55. The van der Waals surface area contributed by atoms with Crippen molar-refractivity contribution in [1.29, 1.82) is 0 Å². The highest BCUT2D eigenvalue weighted by molar-refractivity contribution is 4.92. The molecular weight excluding hydrogens is 110 g/mol. The molecular formula is C8H17N. The van der Waals surface area contributed by atoms with Gasteiger partial charge in [-0.1, -0.05) is 20.8 Å². The first-order valence-corrected chi connectivity index (χ1v) is 3.80. The van der Waals surface area contributed by atoms with Crippen LogP contribution in [0.4, 0.5) is 0 Å². The molecule has 9 heavy (non-hydrogen) atoms. The SMILES string of the molecule is C[C@@H]1CC[C@H](N)C1(C)C. The highest BCUT2D eigenvalue weighted by Gasteiger charge is 2.37. The third kappa shape index (κ3) is 0.983. The topological polar surface area (TPSA) is 26.0 Å². The normalized spacial score (nSPS) is 41.3. The van der Waals surface area contributed by atoms with Crippen LogP contribution in [0.15, 0.2) is 0 Å². The van der Waals surface area contributed by atoms with Crippen molar-refractivity contribution < 1.29 is 0 Å². The van der Waals surface area contributed by atoms with E-state index in [2.05, 4.69) is 20.8 Å². The molecule has 1 heteroatoms.